The van der Waals surface area contributed by atoms with Crippen molar-refractivity contribution in [3.63, 3.8) is 0 Å². The van der Waals surface area contributed by atoms with Crippen LogP contribution < -0.4 is 10.5 Å². The van der Waals surface area contributed by atoms with E-state index in [2.05, 4.69) is 15.2 Å². The standard InChI is InChI=1S/C18H21ClF3N5O/c1-3-13-12(5-4-6-23-13)16(18(20,21)22)26-7-8-27(11(2)10-26)14-9-24-25-17(28)15(14)19/h4-6,9,11,16H,3,7-8,10H2,1-2H3,(H,25,28)/t11-,16+/m1/s1. The lowest BCUT2D eigenvalue weighted by Gasteiger charge is -2.44. The Morgan fingerprint density at radius 1 is 1.39 bits per heavy atom. The van der Waals surface area contributed by atoms with Crippen molar-refractivity contribution in [3.8, 4) is 0 Å². The number of aromatic nitrogens is 3. The molecule has 0 aromatic carbocycles. The van der Waals surface area contributed by atoms with E-state index in [0.717, 1.165) is 0 Å². The Bertz CT molecular complexity index is 888. The summed E-state index contributed by atoms with van der Waals surface area (Å²) in [5.74, 6) is 0. The minimum Gasteiger partial charge on any atom is -0.364 e. The van der Waals surface area contributed by atoms with E-state index in [-0.39, 0.29) is 29.7 Å². The minimum absolute atomic E-state index is 0.0109. The summed E-state index contributed by atoms with van der Waals surface area (Å²) in [6.07, 6.45) is -1.07. The lowest BCUT2D eigenvalue weighted by atomic mass is 9.99. The van der Waals surface area contributed by atoms with Gasteiger partial charge >= 0.3 is 6.18 Å². The average Bonchev–Trinajstić information content (AvgIpc) is 2.64. The summed E-state index contributed by atoms with van der Waals surface area (Å²) in [6, 6.07) is 1.02. The number of hydrogen-bond acceptors (Lipinski definition) is 5. The van der Waals surface area contributed by atoms with Crippen LogP contribution in [0.4, 0.5) is 18.9 Å². The lowest BCUT2D eigenvalue weighted by molar-refractivity contribution is -0.188. The van der Waals surface area contributed by atoms with Gasteiger partial charge in [-0.15, -0.1) is 0 Å². The van der Waals surface area contributed by atoms with Crippen molar-refractivity contribution in [3.05, 3.63) is 51.2 Å². The molecule has 10 heteroatoms. The van der Waals surface area contributed by atoms with Crippen LogP contribution in [-0.4, -0.2) is 51.9 Å². The summed E-state index contributed by atoms with van der Waals surface area (Å²) >= 11 is 6.07. The highest BCUT2D eigenvalue weighted by atomic mass is 35.5. The number of halogens is 4. The van der Waals surface area contributed by atoms with E-state index in [1.54, 1.807) is 13.8 Å². The van der Waals surface area contributed by atoms with Gasteiger partial charge in [0.2, 0.25) is 0 Å². The van der Waals surface area contributed by atoms with Crippen LogP contribution in [-0.2, 0) is 6.42 Å². The topological polar surface area (TPSA) is 65.1 Å². The lowest BCUT2D eigenvalue weighted by Crippen LogP contribution is -2.55. The summed E-state index contributed by atoms with van der Waals surface area (Å²) in [4.78, 5) is 19.1. The zero-order valence-electron chi connectivity index (χ0n) is 15.5. The number of pyridine rings is 1. The van der Waals surface area contributed by atoms with Gasteiger partial charge in [-0.2, -0.15) is 18.3 Å². The van der Waals surface area contributed by atoms with Crippen LogP contribution in [0.1, 0.15) is 31.1 Å². The quantitative estimate of drug-likeness (QED) is 0.830. The first-order valence-corrected chi connectivity index (χ1v) is 9.36. The van der Waals surface area contributed by atoms with Gasteiger partial charge < -0.3 is 4.90 Å². The molecule has 1 N–H and O–H groups in total. The maximum atomic E-state index is 14.0. The third-order valence-corrected chi connectivity index (χ3v) is 5.34. The van der Waals surface area contributed by atoms with Crippen molar-refractivity contribution in [2.75, 3.05) is 24.5 Å². The van der Waals surface area contributed by atoms with Gasteiger partial charge in [0.05, 0.1) is 11.9 Å². The number of H-pyrrole nitrogens is 1. The molecule has 0 saturated carbocycles. The Morgan fingerprint density at radius 2 is 2.14 bits per heavy atom. The van der Waals surface area contributed by atoms with Gasteiger partial charge in [0.15, 0.2) is 0 Å². The number of anilines is 1. The third kappa shape index (κ3) is 4.00. The largest absolute Gasteiger partial charge is 0.408 e. The summed E-state index contributed by atoms with van der Waals surface area (Å²) < 4.78 is 42.0. The van der Waals surface area contributed by atoms with Gasteiger partial charge in [-0.1, -0.05) is 24.6 Å². The third-order valence-electron chi connectivity index (χ3n) is 4.98. The maximum Gasteiger partial charge on any atom is 0.408 e. The average molecular weight is 416 g/mol. The number of piperazine rings is 1. The molecular weight excluding hydrogens is 395 g/mol. The SMILES string of the molecule is CCc1ncccc1[C@H](N1CCN(c2cn[nH]c(=O)c2Cl)[C@H](C)C1)C(F)(F)F. The molecule has 2 atom stereocenters. The number of aromatic amines is 1. The van der Waals surface area contributed by atoms with Gasteiger partial charge in [-0.3, -0.25) is 14.7 Å². The highest BCUT2D eigenvalue weighted by Gasteiger charge is 2.47. The molecular formula is C18H21ClF3N5O. The highest BCUT2D eigenvalue weighted by molar-refractivity contribution is 6.33. The number of alkyl halides is 3. The van der Waals surface area contributed by atoms with Crippen molar-refractivity contribution < 1.29 is 13.2 Å². The zero-order valence-corrected chi connectivity index (χ0v) is 16.3. The fourth-order valence-electron chi connectivity index (χ4n) is 3.73. The van der Waals surface area contributed by atoms with Crippen LogP contribution in [0.3, 0.4) is 0 Å². The van der Waals surface area contributed by atoms with E-state index in [1.165, 1.54) is 29.4 Å². The smallest absolute Gasteiger partial charge is 0.364 e. The number of hydrogen-bond donors (Lipinski definition) is 1. The summed E-state index contributed by atoms with van der Waals surface area (Å²) in [5, 5.41) is 5.99. The van der Waals surface area contributed by atoms with Gasteiger partial charge in [-0.25, -0.2) is 5.10 Å². The Morgan fingerprint density at radius 3 is 2.79 bits per heavy atom. The summed E-state index contributed by atoms with van der Waals surface area (Å²) in [5.41, 5.74) is 0.539. The molecule has 6 nitrogen and oxygen atoms in total. The van der Waals surface area contributed by atoms with Crippen molar-refractivity contribution in [1.29, 1.82) is 0 Å². The van der Waals surface area contributed by atoms with Crippen LogP contribution in [0.5, 0.6) is 0 Å². The highest BCUT2D eigenvalue weighted by Crippen LogP contribution is 2.40. The van der Waals surface area contributed by atoms with E-state index >= 15 is 0 Å². The fraction of sp³-hybridized carbons (Fsp3) is 0.500. The first kappa shape index (κ1) is 20.6. The first-order chi connectivity index (χ1) is 13.2. The second-order valence-electron chi connectivity index (χ2n) is 6.77. The van der Waals surface area contributed by atoms with Gasteiger partial charge in [0.25, 0.3) is 5.56 Å². The molecule has 1 aliphatic rings. The van der Waals surface area contributed by atoms with Crippen LogP contribution in [0.25, 0.3) is 0 Å². The maximum absolute atomic E-state index is 14.0. The van der Waals surface area contributed by atoms with Crippen LogP contribution in [0, 0.1) is 0 Å². The molecule has 0 unspecified atom stereocenters. The van der Waals surface area contributed by atoms with E-state index in [9.17, 15) is 18.0 Å². The molecule has 152 valence electrons. The van der Waals surface area contributed by atoms with Crippen LogP contribution >= 0.6 is 11.6 Å². The minimum atomic E-state index is -4.43. The first-order valence-electron chi connectivity index (χ1n) is 8.98. The normalized spacial score (nSPS) is 19.6. The predicted octanol–water partition coefficient (Wildman–Crippen LogP) is 3.19. The van der Waals surface area contributed by atoms with Crippen molar-refractivity contribution in [2.24, 2.45) is 0 Å². The second-order valence-corrected chi connectivity index (χ2v) is 7.15. The molecule has 0 bridgehead atoms. The number of nitrogens with zero attached hydrogens (tertiary/aromatic N) is 4. The Balaban J connectivity index is 1.89. The number of nitrogens with one attached hydrogen (secondary N) is 1. The Labute approximate surface area is 165 Å². The molecule has 0 amide bonds. The molecule has 3 rings (SSSR count). The summed E-state index contributed by atoms with van der Waals surface area (Å²) in [7, 11) is 0. The van der Waals surface area contributed by atoms with E-state index < -0.39 is 17.8 Å². The monoisotopic (exact) mass is 415 g/mol. The van der Waals surface area contributed by atoms with Crippen LogP contribution in [0.15, 0.2) is 29.3 Å². The molecule has 1 saturated heterocycles. The van der Waals surface area contributed by atoms with Gasteiger partial charge in [0.1, 0.15) is 11.1 Å². The molecule has 1 aliphatic heterocycles. The molecule has 0 aliphatic carbocycles. The molecule has 28 heavy (non-hydrogen) atoms. The molecule has 3 heterocycles. The zero-order chi connectivity index (χ0) is 20.5. The predicted molar refractivity (Wildman–Crippen MR) is 101 cm³/mol. The molecule has 2 aromatic heterocycles. The Kier molecular flexibility index (Phi) is 5.95. The Hall–Kier alpha value is -2.13. The van der Waals surface area contributed by atoms with Crippen molar-refractivity contribution in [1.82, 2.24) is 20.1 Å². The van der Waals surface area contributed by atoms with Crippen molar-refractivity contribution >= 4 is 17.3 Å². The number of aryl methyl sites for hydroxylation is 1. The molecule has 0 radical (unpaired) electrons. The molecule has 2 aromatic rings. The van der Waals surface area contributed by atoms with E-state index in [1.807, 2.05) is 4.90 Å². The molecule has 0 spiro atoms. The fourth-order valence-corrected chi connectivity index (χ4v) is 3.93. The summed E-state index contributed by atoms with van der Waals surface area (Å²) in [6.45, 7) is 4.21. The van der Waals surface area contributed by atoms with Gasteiger partial charge in [-0.05, 0) is 25.0 Å². The van der Waals surface area contributed by atoms with E-state index in [4.69, 9.17) is 11.6 Å². The van der Waals surface area contributed by atoms with Gasteiger partial charge in [0, 0.05) is 37.6 Å². The number of rotatable bonds is 4. The molecule has 1 fully saturated rings. The van der Waals surface area contributed by atoms with Crippen molar-refractivity contribution in [2.45, 2.75) is 38.5 Å². The van der Waals surface area contributed by atoms with E-state index in [0.29, 0.717) is 24.3 Å². The van der Waals surface area contributed by atoms with Crippen LogP contribution in [0.2, 0.25) is 5.02 Å². The second kappa shape index (κ2) is 8.08.